The van der Waals surface area contributed by atoms with Gasteiger partial charge in [-0.3, -0.25) is 4.79 Å². The number of benzene rings is 2. The summed E-state index contributed by atoms with van der Waals surface area (Å²) < 4.78 is 31.1. The monoisotopic (exact) mass is 354 g/mol. The van der Waals surface area contributed by atoms with Crippen molar-refractivity contribution in [1.82, 2.24) is 0 Å². The third-order valence-corrected chi connectivity index (χ3v) is 6.37. The second kappa shape index (κ2) is 5.69. The average Bonchev–Trinajstić information content (AvgIpc) is 2.66. The smallest absolute Gasteiger partial charge is 0.208 e. The van der Waals surface area contributed by atoms with Crippen molar-refractivity contribution in [3.05, 3.63) is 53.1 Å². The van der Waals surface area contributed by atoms with Gasteiger partial charge in [0.1, 0.15) is 0 Å². The average molecular weight is 354 g/mol. The number of ether oxygens (including phenoxy) is 1. The molecule has 0 aliphatic carbocycles. The summed E-state index contributed by atoms with van der Waals surface area (Å²) in [6, 6.07) is 10.9. The van der Waals surface area contributed by atoms with E-state index < -0.39 is 9.84 Å². The Balaban J connectivity index is 1.87. The fourth-order valence-electron chi connectivity index (χ4n) is 3.21. The summed E-state index contributed by atoms with van der Waals surface area (Å²) >= 11 is 0. The maximum absolute atomic E-state index is 12.9. The van der Waals surface area contributed by atoms with Gasteiger partial charge >= 0.3 is 0 Å². The van der Waals surface area contributed by atoms with E-state index in [-0.39, 0.29) is 32.3 Å². The minimum Gasteiger partial charge on any atom is -0.378 e. The molecule has 4 rings (SSSR count). The van der Waals surface area contributed by atoms with Gasteiger partial charge in [0.2, 0.25) is 9.84 Å². The summed E-state index contributed by atoms with van der Waals surface area (Å²) in [6.45, 7) is 2.59. The van der Waals surface area contributed by atoms with E-state index in [1.165, 1.54) is 24.3 Å². The largest absolute Gasteiger partial charge is 0.378 e. The van der Waals surface area contributed by atoms with Gasteiger partial charge in [-0.1, -0.05) is 0 Å². The van der Waals surface area contributed by atoms with Crippen LogP contribution in [-0.4, -0.2) is 40.5 Å². The fourth-order valence-corrected chi connectivity index (χ4v) is 4.87. The molecule has 6 nitrogen and oxygen atoms in total. The Bertz CT molecular complexity index is 1030. The molecular formula is C18H14N2O4S. The zero-order chi connectivity index (χ0) is 17.6. The van der Waals surface area contributed by atoms with Crippen LogP contribution in [0.15, 0.2) is 46.2 Å². The van der Waals surface area contributed by atoms with E-state index in [1.54, 1.807) is 12.1 Å². The predicted octanol–water partition coefficient (Wildman–Crippen LogP) is 1.77. The predicted molar refractivity (Wildman–Crippen MR) is 89.5 cm³/mol. The fraction of sp³-hybridized carbons (Fsp3) is 0.222. The van der Waals surface area contributed by atoms with Gasteiger partial charge in [0, 0.05) is 29.9 Å². The van der Waals surface area contributed by atoms with Crippen molar-refractivity contribution in [2.75, 3.05) is 31.2 Å². The van der Waals surface area contributed by atoms with E-state index in [0.29, 0.717) is 26.3 Å². The molecule has 0 amide bonds. The quantitative estimate of drug-likeness (QED) is 0.662. The van der Waals surface area contributed by atoms with Gasteiger partial charge in [-0.2, -0.15) is 5.26 Å². The summed E-state index contributed by atoms with van der Waals surface area (Å²) in [5.41, 5.74) is 1.32. The SMILES string of the molecule is N#Cc1ccc2c(c1)S(=O)(=O)c1ccc(N3CCOCC3)cc1C2=O. The van der Waals surface area contributed by atoms with Crippen LogP contribution in [0.2, 0.25) is 0 Å². The zero-order valence-corrected chi connectivity index (χ0v) is 14.0. The van der Waals surface area contributed by atoms with Crippen molar-refractivity contribution in [1.29, 1.82) is 5.26 Å². The highest BCUT2D eigenvalue weighted by Gasteiger charge is 2.35. The number of ketones is 1. The summed E-state index contributed by atoms with van der Waals surface area (Å²) in [5, 5.41) is 9.01. The molecule has 7 heteroatoms. The van der Waals surface area contributed by atoms with Gasteiger partial charge in [0.25, 0.3) is 0 Å². The van der Waals surface area contributed by atoms with Crippen LogP contribution in [0.5, 0.6) is 0 Å². The van der Waals surface area contributed by atoms with Gasteiger partial charge in [-0.15, -0.1) is 0 Å². The van der Waals surface area contributed by atoms with Crippen LogP contribution in [-0.2, 0) is 14.6 Å². The Labute approximate surface area is 145 Å². The van der Waals surface area contributed by atoms with Gasteiger partial charge in [0.05, 0.1) is 34.6 Å². The molecule has 0 aromatic heterocycles. The first kappa shape index (κ1) is 15.8. The Morgan fingerprint density at radius 3 is 2.48 bits per heavy atom. The third-order valence-electron chi connectivity index (χ3n) is 4.52. The Hall–Kier alpha value is -2.69. The minimum atomic E-state index is -3.83. The number of morpholine rings is 1. The lowest BCUT2D eigenvalue weighted by atomic mass is 10.0. The number of carbonyl (C=O) groups excluding carboxylic acids is 1. The van der Waals surface area contributed by atoms with Crippen LogP contribution in [0.4, 0.5) is 5.69 Å². The molecule has 2 heterocycles. The van der Waals surface area contributed by atoms with Crippen LogP contribution in [0.3, 0.4) is 0 Å². The molecule has 0 bridgehead atoms. The van der Waals surface area contributed by atoms with E-state index in [2.05, 4.69) is 4.90 Å². The molecule has 25 heavy (non-hydrogen) atoms. The molecule has 2 aliphatic rings. The van der Waals surface area contributed by atoms with Crippen LogP contribution >= 0.6 is 0 Å². The third kappa shape index (κ3) is 2.42. The summed E-state index contributed by atoms with van der Waals surface area (Å²) in [5.74, 6) is -0.334. The maximum atomic E-state index is 12.9. The Kier molecular flexibility index (Phi) is 3.60. The van der Waals surface area contributed by atoms with Crippen molar-refractivity contribution in [3.8, 4) is 6.07 Å². The van der Waals surface area contributed by atoms with E-state index in [1.807, 2.05) is 6.07 Å². The molecule has 0 radical (unpaired) electrons. The highest BCUT2D eigenvalue weighted by atomic mass is 32.2. The number of sulfone groups is 1. The van der Waals surface area contributed by atoms with Crippen LogP contribution in [0.1, 0.15) is 21.5 Å². The molecule has 0 unspecified atom stereocenters. The Morgan fingerprint density at radius 1 is 1.00 bits per heavy atom. The minimum absolute atomic E-state index is 0.00269. The van der Waals surface area contributed by atoms with E-state index >= 15 is 0 Å². The summed E-state index contributed by atoms with van der Waals surface area (Å²) in [6.07, 6.45) is 0. The van der Waals surface area contributed by atoms with Crippen molar-refractivity contribution in [2.45, 2.75) is 9.79 Å². The van der Waals surface area contributed by atoms with Crippen LogP contribution < -0.4 is 4.90 Å². The zero-order valence-electron chi connectivity index (χ0n) is 13.2. The molecule has 2 aliphatic heterocycles. The number of hydrogen-bond donors (Lipinski definition) is 0. The summed E-state index contributed by atoms with van der Waals surface area (Å²) in [4.78, 5) is 14.8. The highest BCUT2D eigenvalue weighted by Crippen LogP contribution is 2.36. The molecule has 2 aromatic rings. The number of nitrogens with zero attached hydrogens (tertiary/aromatic N) is 2. The second-order valence-corrected chi connectivity index (χ2v) is 7.82. The van der Waals surface area contributed by atoms with Gasteiger partial charge in [-0.05, 0) is 36.4 Å². The van der Waals surface area contributed by atoms with E-state index in [9.17, 15) is 13.2 Å². The first-order valence-corrected chi connectivity index (χ1v) is 9.31. The van der Waals surface area contributed by atoms with E-state index in [0.717, 1.165) is 5.69 Å². The number of anilines is 1. The molecular weight excluding hydrogens is 340 g/mol. The molecule has 126 valence electrons. The topological polar surface area (TPSA) is 87.5 Å². The molecule has 0 saturated carbocycles. The lowest BCUT2D eigenvalue weighted by molar-refractivity contribution is 0.103. The van der Waals surface area contributed by atoms with Crippen molar-refractivity contribution in [2.24, 2.45) is 0 Å². The number of rotatable bonds is 1. The van der Waals surface area contributed by atoms with Crippen molar-refractivity contribution >= 4 is 21.3 Å². The number of hydrogen-bond acceptors (Lipinski definition) is 6. The molecule has 2 aromatic carbocycles. The molecule has 0 N–H and O–H groups in total. The van der Waals surface area contributed by atoms with Crippen molar-refractivity contribution in [3.63, 3.8) is 0 Å². The maximum Gasteiger partial charge on any atom is 0.208 e. The van der Waals surface area contributed by atoms with Crippen LogP contribution in [0.25, 0.3) is 0 Å². The van der Waals surface area contributed by atoms with Gasteiger partial charge in [0.15, 0.2) is 5.78 Å². The Morgan fingerprint density at radius 2 is 1.76 bits per heavy atom. The highest BCUT2D eigenvalue weighted by molar-refractivity contribution is 7.91. The first-order valence-electron chi connectivity index (χ1n) is 7.83. The molecule has 1 saturated heterocycles. The van der Waals surface area contributed by atoms with Gasteiger partial charge < -0.3 is 9.64 Å². The number of nitriles is 1. The van der Waals surface area contributed by atoms with E-state index in [4.69, 9.17) is 10.00 Å². The van der Waals surface area contributed by atoms with Crippen molar-refractivity contribution < 1.29 is 17.9 Å². The molecule has 1 fully saturated rings. The normalized spacial score (nSPS) is 18.2. The molecule has 0 atom stereocenters. The second-order valence-electron chi connectivity index (χ2n) is 5.94. The standard InChI is InChI=1S/C18H14N2O4S/c19-11-12-1-3-14-17(9-12)25(22,23)16-4-2-13(10-15(16)18(14)21)20-5-7-24-8-6-20/h1-4,9-10H,5-8H2. The molecule has 0 spiro atoms. The summed E-state index contributed by atoms with van der Waals surface area (Å²) in [7, 11) is -3.83. The lowest BCUT2D eigenvalue weighted by Crippen LogP contribution is -2.36. The van der Waals surface area contributed by atoms with Gasteiger partial charge in [-0.25, -0.2) is 8.42 Å². The lowest BCUT2D eigenvalue weighted by Gasteiger charge is -2.30. The van der Waals surface area contributed by atoms with Crippen LogP contribution in [0, 0.1) is 11.3 Å². The number of fused-ring (bicyclic) bond motifs is 2. The first-order chi connectivity index (χ1) is 12.0. The number of carbonyl (C=O) groups is 1.